The van der Waals surface area contributed by atoms with Crippen molar-refractivity contribution in [3.8, 4) is 0 Å². The molecule has 0 fully saturated rings. The van der Waals surface area contributed by atoms with E-state index in [1.165, 1.54) is 19.5 Å². The maximum Gasteiger partial charge on any atom is 0.153 e. The lowest BCUT2D eigenvalue weighted by Crippen LogP contribution is -2.40. The first-order valence-corrected chi connectivity index (χ1v) is 5.57. The van der Waals surface area contributed by atoms with Crippen LogP contribution >= 0.6 is 0 Å². The lowest BCUT2D eigenvalue weighted by atomic mass is 9.93. The second-order valence-electron chi connectivity index (χ2n) is 4.28. The van der Waals surface area contributed by atoms with Gasteiger partial charge in [0.1, 0.15) is 24.2 Å². The number of aliphatic hydroxyl groups is 2. The molecule has 8 heteroatoms. The number of hydrogen-bond acceptors (Lipinski definition) is 8. The Morgan fingerprint density at radius 2 is 2.00 bits per heavy atom. The number of nitrogens with two attached hydrogens (primary N) is 1. The molecular formula is C11H14N6O2. The van der Waals surface area contributed by atoms with Crippen LogP contribution in [0.4, 0.5) is 11.5 Å². The summed E-state index contributed by atoms with van der Waals surface area (Å²) in [5.41, 5.74) is 6.14. The molecule has 1 unspecified atom stereocenters. The quantitative estimate of drug-likeness (QED) is 0.469. The largest absolute Gasteiger partial charge is 0.384 e. The van der Waals surface area contributed by atoms with Crippen molar-refractivity contribution in [3.63, 3.8) is 0 Å². The van der Waals surface area contributed by atoms with E-state index in [0.29, 0.717) is 11.4 Å². The van der Waals surface area contributed by atoms with Gasteiger partial charge >= 0.3 is 0 Å². The Balaban J connectivity index is 2.27. The third-order valence-corrected chi connectivity index (χ3v) is 2.92. The lowest BCUT2D eigenvalue weighted by molar-refractivity contribution is 0.103. The molecule has 0 spiro atoms. The minimum absolute atomic E-state index is 0.116. The first-order valence-electron chi connectivity index (χ1n) is 5.57. The summed E-state index contributed by atoms with van der Waals surface area (Å²) < 4.78 is 0. The third-order valence-electron chi connectivity index (χ3n) is 2.92. The van der Waals surface area contributed by atoms with Gasteiger partial charge in [0, 0.05) is 11.9 Å². The van der Waals surface area contributed by atoms with Crippen molar-refractivity contribution in [2.45, 2.75) is 25.0 Å². The van der Waals surface area contributed by atoms with Gasteiger partial charge in [0.15, 0.2) is 5.82 Å². The fraction of sp³-hybridized carbons (Fsp3) is 0.364. The number of rotatable bonds is 4. The smallest absolute Gasteiger partial charge is 0.153 e. The molecule has 1 aliphatic rings. The van der Waals surface area contributed by atoms with Crippen molar-refractivity contribution in [2.24, 2.45) is 4.99 Å². The van der Waals surface area contributed by atoms with Crippen LogP contribution in [-0.4, -0.2) is 50.0 Å². The van der Waals surface area contributed by atoms with E-state index in [4.69, 9.17) is 16.6 Å². The molecule has 0 bridgehead atoms. The molecule has 0 saturated heterocycles. The summed E-state index contributed by atoms with van der Waals surface area (Å²) in [6.07, 6.45) is -0.207. The molecule has 1 aromatic rings. The molecule has 2 rings (SSSR count). The number of nitrogens with one attached hydrogen (secondary N) is 2. The predicted octanol–water partition coefficient (Wildman–Crippen LogP) is -0.360. The van der Waals surface area contributed by atoms with Gasteiger partial charge in [0.2, 0.25) is 0 Å². The van der Waals surface area contributed by atoms with Crippen LogP contribution in [0.3, 0.4) is 0 Å². The van der Waals surface area contributed by atoms with Crippen molar-refractivity contribution < 1.29 is 10.2 Å². The van der Waals surface area contributed by atoms with Crippen LogP contribution in [0, 0.1) is 10.8 Å². The zero-order valence-electron chi connectivity index (χ0n) is 10.2. The van der Waals surface area contributed by atoms with Gasteiger partial charge in [-0.25, -0.2) is 9.97 Å². The van der Waals surface area contributed by atoms with E-state index in [1.54, 1.807) is 0 Å². The van der Waals surface area contributed by atoms with Crippen molar-refractivity contribution >= 4 is 29.1 Å². The maximum atomic E-state index is 9.86. The predicted molar refractivity (Wildman–Crippen MR) is 70.5 cm³/mol. The molecule has 0 aliphatic carbocycles. The molecule has 0 aromatic carbocycles. The van der Waals surface area contributed by atoms with E-state index < -0.39 is 18.1 Å². The Kier molecular flexibility index (Phi) is 3.36. The highest BCUT2D eigenvalue weighted by Gasteiger charge is 2.33. The summed E-state index contributed by atoms with van der Waals surface area (Å²) in [5.74, 6) is -0.459. The fourth-order valence-corrected chi connectivity index (χ4v) is 1.80. The first kappa shape index (κ1) is 13.2. The van der Waals surface area contributed by atoms with Gasteiger partial charge in [0.05, 0.1) is 17.3 Å². The van der Waals surface area contributed by atoms with Crippen LogP contribution in [-0.2, 0) is 0 Å². The number of fused-ring (bicyclic) bond motifs is 1. The summed E-state index contributed by atoms with van der Waals surface area (Å²) >= 11 is 0. The molecule has 0 amide bonds. The molecule has 3 atom stereocenters. The van der Waals surface area contributed by atoms with E-state index >= 15 is 0 Å². The van der Waals surface area contributed by atoms with Gasteiger partial charge < -0.3 is 26.8 Å². The Hall–Kier alpha value is -2.19. The highest BCUT2D eigenvalue weighted by molar-refractivity contribution is 6.10. The summed E-state index contributed by atoms with van der Waals surface area (Å²) in [7, 11) is 0. The average Bonchev–Trinajstić information content (AvgIpc) is 2.81. The van der Waals surface area contributed by atoms with Crippen molar-refractivity contribution in [2.75, 3.05) is 5.73 Å². The molecule has 100 valence electrons. The Morgan fingerprint density at radius 1 is 1.32 bits per heavy atom. The van der Waals surface area contributed by atoms with Crippen molar-refractivity contribution in [1.29, 1.82) is 10.8 Å². The Morgan fingerprint density at radius 3 is 2.63 bits per heavy atom. The molecular weight excluding hydrogens is 248 g/mol. The summed E-state index contributed by atoms with van der Waals surface area (Å²) in [6, 6.07) is 0. The van der Waals surface area contributed by atoms with Gasteiger partial charge in [-0.3, -0.25) is 4.99 Å². The maximum absolute atomic E-state index is 9.86. The SMILES string of the molecule is CC(=N)[C@H](O)[C@H](O)C(=N)C1C=Nc2c(N)ncnc21. The Bertz CT molecular complexity index is 570. The number of nitrogen functional groups attached to an aromatic ring is 1. The fourth-order valence-electron chi connectivity index (χ4n) is 1.80. The lowest BCUT2D eigenvalue weighted by Gasteiger charge is -2.20. The molecule has 19 heavy (non-hydrogen) atoms. The van der Waals surface area contributed by atoms with Gasteiger partial charge in [-0.15, -0.1) is 0 Å². The zero-order valence-corrected chi connectivity index (χ0v) is 10.2. The normalized spacial score (nSPS) is 19.8. The number of anilines is 1. The highest BCUT2D eigenvalue weighted by atomic mass is 16.3. The monoisotopic (exact) mass is 262 g/mol. The highest BCUT2D eigenvalue weighted by Crippen LogP contribution is 2.34. The van der Waals surface area contributed by atoms with Crippen molar-refractivity contribution in [1.82, 2.24) is 9.97 Å². The molecule has 1 aromatic heterocycles. The average molecular weight is 262 g/mol. The van der Waals surface area contributed by atoms with E-state index in [0.717, 1.165) is 0 Å². The number of aliphatic imine (C=N–C) groups is 1. The van der Waals surface area contributed by atoms with Crippen LogP contribution in [0.2, 0.25) is 0 Å². The minimum atomic E-state index is -1.48. The molecule has 6 N–H and O–H groups in total. The first-order chi connectivity index (χ1) is 8.93. The third kappa shape index (κ3) is 2.23. The van der Waals surface area contributed by atoms with E-state index in [9.17, 15) is 10.2 Å². The number of hydrogen-bond donors (Lipinski definition) is 5. The Labute approximate surface area is 109 Å². The standard InChI is InChI=1S/C11H14N6O2/c1-4(12)9(18)10(19)6(13)5-2-15-8-7(5)16-3-17-11(8)14/h2-3,5,9-10,12-13,18-19H,1H3,(H2,14,16,17)/t5?,9-,10+/m0/s1. The van der Waals surface area contributed by atoms with Crippen LogP contribution in [0.1, 0.15) is 18.5 Å². The molecule has 8 nitrogen and oxygen atoms in total. The van der Waals surface area contributed by atoms with E-state index in [1.807, 2.05) is 0 Å². The molecule has 0 radical (unpaired) electrons. The minimum Gasteiger partial charge on any atom is -0.384 e. The summed E-state index contributed by atoms with van der Waals surface area (Å²) in [5, 5.41) is 34.7. The number of nitrogens with zero attached hydrogens (tertiary/aromatic N) is 3. The summed E-state index contributed by atoms with van der Waals surface area (Å²) in [6.45, 7) is 1.36. The van der Waals surface area contributed by atoms with Gasteiger partial charge in [-0.2, -0.15) is 0 Å². The topological polar surface area (TPSA) is 152 Å². The van der Waals surface area contributed by atoms with Crippen LogP contribution in [0.15, 0.2) is 11.3 Å². The van der Waals surface area contributed by atoms with Crippen LogP contribution < -0.4 is 5.73 Å². The summed E-state index contributed by atoms with van der Waals surface area (Å²) in [4.78, 5) is 11.8. The van der Waals surface area contributed by atoms with E-state index in [-0.39, 0.29) is 17.2 Å². The van der Waals surface area contributed by atoms with Gasteiger partial charge in [0.25, 0.3) is 0 Å². The number of aromatic nitrogens is 2. The van der Waals surface area contributed by atoms with Gasteiger partial charge in [-0.05, 0) is 6.92 Å². The van der Waals surface area contributed by atoms with Crippen molar-refractivity contribution in [3.05, 3.63) is 12.0 Å². The van der Waals surface area contributed by atoms with Crippen LogP contribution in [0.5, 0.6) is 0 Å². The molecule has 0 saturated carbocycles. The zero-order chi connectivity index (χ0) is 14.2. The van der Waals surface area contributed by atoms with Gasteiger partial charge in [-0.1, -0.05) is 0 Å². The second-order valence-corrected chi connectivity index (χ2v) is 4.28. The number of aliphatic hydroxyl groups excluding tert-OH is 2. The molecule has 1 aliphatic heterocycles. The molecule has 2 heterocycles. The van der Waals surface area contributed by atoms with E-state index in [2.05, 4.69) is 15.0 Å². The van der Waals surface area contributed by atoms with Crippen LogP contribution in [0.25, 0.3) is 0 Å². The second kappa shape index (κ2) is 4.82.